The zero-order valence-electron chi connectivity index (χ0n) is 8.68. The third-order valence-electron chi connectivity index (χ3n) is 3.28. The molecule has 1 atom stereocenters. The van der Waals surface area contributed by atoms with Gasteiger partial charge in [0.2, 0.25) is 0 Å². The highest BCUT2D eigenvalue weighted by atomic mass is 16.5. The van der Waals surface area contributed by atoms with Crippen LogP contribution in [0.3, 0.4) is 0 Å². The Morgan fingerprint density at radius 1 is 1.54 bits per heavy atom. The van der Waals surface area contributed by atoms with E-state index in [-0.39, 0.29) is 17.6 Å². The number of aliphatic hydroxyl groups excluding tert-OH is 1. The fourth-order valence-corrected chi connectivity index (χ4v) is 2.09. The van der Waals surface area contributed by atoms with Crippen molar-refractivity contribution in [2.45, 2.75) is 38.6 Å². The van der Waals surface area contributed by atoms with Gasteiger partial charge in [0.1, 0.15) is 0 Å². The summed E-state index contributed by atoms with van der Waals surface area (Å²) in [5, 5.41) is 9.04. The lowest BCUT2D eigenvalue weighted by molar-refractivity contribution is -0.0566. The molecule has 3 nitrogen and oxygen atoms in total. The van der Waals surface area contributed by atoms with Gasteiger partial charge in [-0.05, 0) is 33.1 Å². The topological polar surface area (TPSA) is 55.5 Å². The molecule has 0 saturated carbocycles. The SMILES string of the molecule is CC(C)(N)C1(CCO)CCCOC1. The maximum Gasteiger partial charge on any atom is 0.0540 e. The second kappa shape index (κ2) is 3.95. The van der Waals surface area contributed by atoms with Crippen molar-refractivity contribution in [1.29, 1.82) is 0 Å². The summed E-state index contributed by atoms with van der Waals surface area (Å²) in [5.41, 5.74) is 5.84. The molecule has 3 heteroatoms. The Balaban J connectivity index is 2.73. The molecule has 1 unspecified atom stereocenters. The third kappa shape index (κ3) is 2.22. The van der Waals surface area contributed by atoms with Gasteiger partial charge < -0.3 is 15.6 Å². The molecular weight excluding hydrogens is 166 g/mol. The first-order chi connectivity index (χ1) is 6.02. The van der Waals surface area contributed by atoms with Gasteiger partial charge in [-0.1, -0.05) is 0 Å². The summed E-state index contributed by atoms with van der Waals surface area (Å²) in [7, 11) is 0. The second-order valence-corrected chi connectivity index (χ2v) is 4.63. The molecule has 0 spiro atoms. The maximum absolute atomic E-state index is 9.04. The van der Waals surface area contributed by atoms with Crippen LogP contribution in [0.2, 0.25) is 0 Å². The minimum absolute atomic E-state index is 0.0278. The highest BCUT2D eigenvalue weighted by Crippen LogP contribution is 2.40. The highest BCUT2D eigenvalue weighted by Gasteiger charge is 2.43. The Labute approximate surface area is 80.3 Å². The number of ether oxygens (including phenoxy) is 1. The Morgan fingerprint density at radius 2 is 2.23 bits per heavy atom. The highest BCUT2D eigenvalue weighted by molar-refractivity contribution is 4.97. The van der Waals surface area contributed by atoms with Crippen molar-refractivity contribution < 1.29 is 9.84 Å². The normalized spacial score (nSPS) is 30.5. The Morgan fingerprint density at radius 3 is 2.62 bits per heavy atom. The predicted octanol–water partition coefficient (Wildman–Crippen LogP) is 0.903. The molecule has 1 rings (SSSR count). The summed E-state index contributed by atoms with van der Waals surface area (Å²) in [4.78, 5) is 0. The minimum atomic E-state index is -0.268. The molecule has 1 saturated heterocycles. The van der Waals surface area contributed by atoms with Crippen LogP contribution in [0.15, 0.2) is 0 Å². The average Bonchev–Trinajstić information content (AvgIpc) is 2.04. The fourth-order valence-electron chi connectivity index (χ4n) is 2.09. The van der Waals surface area contributed by atoms with Crippen LogP contribution in [-0.4, -0.2) is 30.5 Å². The zero-order valence-corrected chi connectivity index (χ0v) is 8.68. The first-order valence-electron chi connectivity index (χ1n) is 4.99. The Kier molecular flexibility index (Phi) is 3.33. The van der Waals surface area contributed by atoms with Gasteiger partial charge in [0.05, 0.1) is 6.61 Å². The number of rotatable bonds is 3. The van der Waals surface area contributed by atoms with Crippen molar-refractivity contribution in [2.24, 2.45) is 11.1 Å². The molecule has 1 fully saturated rings. The van der Waals surface area contributed by atoms with Crippen molar-refractivity contribution in [3.05, 3.63) is 0 Å². The van der Waals surface area contributed by atoms with Crippen molar-refractivity contribution in [3.8, 4) is 0 Å². The maximum atomic E-state index is 9.04. The molecule has 13 heavy (non-hydrogen) atoms. The van der Waals surface area contributed by atoms with E-state index in [1.807, 2.05) is 13.8 Å². The van der Waals surface area contributed by atoms with Gasteiger partial charge in [-0.3, -0.25) is 0 Å². The van der Waals surface area contributed by atoms with E-state index >= 15 is 0 Å². The van der Waals surface area contributed by atoms with E-state index in [1.165, 1.54) is 0 Å². The minimum Gasteiger partial charge on any atom is -0.396 e. The van der Waals surface area contributed by atoms with Crippen LogP contribution >= 0.6 is 0 Å². The van der Waals surface area contributed by atoms with E-state index in [0.29, 0.717) is 6.61 Å². The molecular formula is C10H21NO2. The lowest BCUT2D eigenvalue weighted by Gasteiger charge is -2.46. The number of nitrogens with two attached hydrogens (primary N) is 1. The molecule has 0 amide bonds. The Hall–Kier alpha value is -0.120. The van der Waals surface area contributed by atoms with Crippen LogP contribution in [0.5, 0.6) is 0 Å². The predicted molar refractivity (Wildman–Crippen MR) is 52.5 cm³/mol. The van der Waals surface area contributed by atoms with E-state index in [2.05, 4.69) is 0 Å². The van der Waals surface area contributed by atoms with Gasteiger partial charge in [-0.25, -0.2) is 0 Å². The fraction of sp³-hybridized carbons (Fsp3) is 1.00. The lowest BCUT2D eigenvalue weighted by Crippen LogP contribution is -2.55. The molecule has 0 aromatic carbocycles. The molecule has 0 aliphatic carbocycles. The molecule has 1 aliphatic rings. The van der Waals surface area contributed by atoms with Gasteiger partial charge in [0, 0.05) is 24.2 Å². The van der Waals surface area contributed by atoms with E-state index in [0.717, 1.165) is 25.9 Å². The monoisotopic (exact) mass is 187 g/mol. The van der Waals surface area contributed by atoms with Crippen molar-refractivity contribution in [3.63, 3.8) is 0 Å². The standard InChI is InChI=1S/C10H21NO2/c1-9(2,11)10(5-6-12)4-3-7-13-8-10/h12H,3-8,11H2,1-2H3. The van der Waals surface area contributed by atoms with Gasteiger partial charge in [0.15, 0.2) is 0 Å². The molecule has 1 heterocycles. The molecule has 0 radical (unpaired) electrons. The first-order valence-corrected chi connectivity index (χ1v) is 4.99. The van der Waals surface area contributed by atoms with Crippen LogP contribution in [0, 0.1) is 5.41 Å². The molecule has 0 aromatic rings. The molecule has 0 bridgehead atoms. The average molecular weight is 187 g/mol. The number of hydrogen-bond donors (Lipinski definition) is 2. The van der Waals surface area contributed by atoms with Crippen molar-refractivity contribution in [1.82, 2.24) is 0 Å². The van der Waals surface area contributed by atoms with Crippen LogP contribution in [0.25, 0.3) is 0 Å². The van der Waals surface area contributed by atoms with E-state index in [1.54, 1.807) is 0 Å². The first kappa shape index (κ1) is 11.0. The number of hydrogen-bond acceptors (Lipinski definition) is 3. The van der Waals surface area contributed by atoms with Gasteiger partial charge in [-0.15, -0.1) is 0 Å². The van der Waals surface area contributed by atoms with Gasteiger partial charge >= 0.3 is 0 Å². The van der Waals surface area contributed by atoms with Crippen LogP contribution < -0.4 is 5.73 Å². The van der Waals surface area contributed by atoms with Crippen LogP contribution in [-0.2, 0) is 4.74 Å². The summed E-state index contributed by atoms with van der Waals surface area (Å²) in [6.45, 7) is 5.78. The molecule has 3 N–H and O–H groups in total. The van der Waals surface area contributed by atoms with Crippen molar-refractivity contribution >= 4 is 0 Å². The third-order valence-corrected chi connectivity index (χ3v) is 3.28. The second-order valence-electron chi connectivity index (χ2n) is 4.63. The smallest absolute Gasteiger partial charge is 0.0540 e. The lowest BCUT2D eigenvalue weighted by atomic mass is 9.66. The van der Waals surface area contributed by atoms with Gasteiger partial charge in [-0.2, -0.15) is 0 Å². The summed E-state index contributed by atoms with van der Waals surface area (Å²) < 4.78 is 5.47. The largest absolute Gasteiger partial charge is 0.396 e. The van der Waals surface area contributed by atoms with Crippen LogP contribution in [0.1, 0.15) is 33.1 Å². The summed E-state index contributed by atoms with van der Waals surface area (Å²) in [6.07, 6.45) is 2.87. The summed E-state index contributed by atoms with van der Waals surface area (Å²) in [5.74, 6) is 0. The van der Waals surface area contributed by atoms with E-state index in [4.69, 9.17) is 15.6 Å². The van der Waals surface area contributed by atoms with E-state index in [9.17, 15) is 0 Å². The van der Waals surface area contributed by atoms with Gasteiger partial charge in [0.25, 0.3) is 0 Å². The Bertz CT molecular complexity index is 151. The van der Waals surface area contributed by atoms with E-state index < -0.39 is 0 Å². The summed E-state index contributed by atoms with van der Waals surface area (Å²) in [6, 6.07) is 0. The summed E-state index contributed by atoms with van der Waals surface area (Å²) >= 11 is 0. The van der Waals surface area contributed by atoms with Crippen molar-refractivity contribution in [2.75, 3.05) is 19.8 Å². The zero-order chi connectivity index (χ0) is 9.95. The molecule has 78 valence electrons. The molecule has 0 aromatic heterocycles. The molecule has 1 aliphatic heterocycles. The van der Waals surface area contributed by atoms with Crippen LogP contribution in [0.4, 0.5) is 0 Å². The number of aliphatic hydroxyl groups is 1. The quantitative estimate of drug-likeness (QED) is 0.690.